The second kappa shape index (κ2) is 10.4. The highest BCUT2D eigenvalue weighted by atomic mass is 19.1. The van der Waals surface area contributed by atoms with Gasteiger partial charge in [0.15, 0.2) is 0 Å². The number of aromatic nitrogens is 1. The van der Waals surface area contributed by atoms with E-state index in [2.05, 4.69) is 17.6 Å². The minimum atomic E-state index is -0.250. The van der Waals surface area contributed by atoms with Crippen molar-refractivity contribution >= 4 is 29.3 Å². The number of anilines is 1. The zero-order valence-electron chi connectivity index (χ0n) is 19.5. The third-order valence-corrected chi connectivity index (χ3v) is 7.13. The Balaban J connectivity index is 0.000000868. The molecular weight excluding hydrogens is 433 g/mol. The first-order valence-corrected chi connectivity index (χ1v) is 11.9. The monoisotopic (exact) mass is 465 g/mol. The van der Waals surface area contributed by atoms with Crippen LogP contribution in [0.2, 0.25) is 0 Å². The highest BCUT2D eigenvalue weighted by Gasteiger charge is 2.32. The van der Waals surface area contributed by atoms with Crippen LogP contribution in [0.4, 0.5) is 10.1 Å². The Kier molecular flexibility index (Phi) is 7.32. The smallest absolute Gasteiger partial charge is 0.290 e. The topological polar surface area (TPSA) is 101 Å². The van der Waals surface area contributed by atoms with E-state index in [4.69, 9.17) is 25.8 Å². The molecule has 0 unspecified atom stereocenters. The molecule has 1 saturated heterocycles. The van der Waals surface area contributed by atoms with Gasteiger partial charge in [-0.15, -0.1) is 0 Å². The molecule has 0 amide bonds. The molecule has 0 spiro atoms. The average molecular weight is 466 g/mol. The minimum absolute atomic E-state index is 0.235. The summed E-state index contributed by atoms with van der Waals surface area (Å²) in [7, 11) is 0. The fourth-order valence-corrected chi connectivity index (χ4v) is 5.58. The number of ether oxygens (including phenoxy) is 1. The molecule has 5 rings (SSSR count). The second-order valence-corrected chi connectivity index (χ2v) is 9.46. The molecule has 0 bridgehead atoms. The maximum atomic E-state index is 13.7. The summed E-state index contributed by atoms with van der Waals surface area (Å²) in [5.41, 5.74) is 12.4. The van der Waals surface area contributed by atoms with Crippen molar-refractivity contribution in [1.82, 2.24) is 4.57 Å². The lowest BCUT2D eigenvalue weighted by Gasteiger charge is -2.34. The summed E-state index contributed by atoms with van der Waals surface area (Å²) in [6.45, 7) is 3.61. The third kappa shape index (κ3) is 4.71. The van der Waals surface area contributed by atoms with E-state index >= 15 is 0 Å². The molecule has 2 aromatic carbocycles. The van der Waals surface area contributed by atoms with Crippen LogP contribution in [-0.4, -0.2) is 35.6 Å². The van der Waals surface area contributed by atoms with Crippen LogP contribution in [0.3, 0.4) is 0 Å². The van der Waals surface area contributed by atoms with E-state index in [0.717, 1.165) is 55.2 Å². The molecule has 180 valence electrons. The number of hydrogen-bond acceptors (Lipinski definition) is 4. The zero-order valence-corrected chi connectivity index (χ0v) is 19.5. The summed E-state index contributed by atoms with van der Waals surface area (Å²) >= 11 is 0. The zero-order chi connectivity index (χ0) is 24.2. The number of fused-ring (bicyclic) bond motifs is 1. The predicted octanol–water partition coefficient (Wildman–Crippen LogP) is 5.53. The Morgan fingerprint density at radius 3 is 2.44 bits per heavy atom. The summed E-state index contributed by atoms with van der Waals surface area (Å²) in [5, 5.41) is 15.9. The van der Waals surface area contributed by atoms with Crippen LogP contribution in [-0.2, 0) is 16.0 Å². The van der Waals surface area contributed by atoms with Crippen molar-refractivity contribution in [3.8, 4) is 5.69 Å². The van der Waals surface area contributed by atoms with Crippen LogP contribution in [0, 0.1) is 23.1 Å². The first-order chi connectivity index (χ1) is 16.5. The van der Waals surface area contributed by atoms with Crippen LogP contribution in [0.5, 0.6) is 0 Å². The van der Waals surface area contributed by atoms with Crippen molar-refractivity contribution in [2.24, 2.45) is 11.8 Å². The summed E-state index contributed by atoms with van der Waals surface area (Å²) in [6, 6.07) is 10.8. The molecule has 7 heteroatoms. The van der Waals surface area contributed by atoms with Crippen molar-refractivity contribution in [3.05, 3.63) is 59.0 Å². The number of nitrogens with zero attached hydrogens (tertiary/aromatic N) is 1. The van der Waals surface area contributed by atoms with Crippen molar-refractivity contribution in [2.75, 3.05) is 18.9 Å². The molecule has 0 radical (unpaired) electrons. The molecule has 6 nitrogen and oxygen atoms in total. The number of rotatable bonds is 5. The Bertz CT molecular complexity index is 1160. The van der Waals surface area contributed by atoms with Gasteiger partial charge in [-0.25, -0.2) is 4.39 Å². The van der Waals surface area contributed by atoms with Gasteiger partial charge in [-0.3, -0.25) is 4.79 Å². The largest absolute Gasteiger partial charge is 0.483 e. The Morgan fingerprint density at radius 2 is 1.85 bits per heavy atom. The summed E-state index contributed by atoms with van der Waals surface area (Å²) in [5.74, 6) is 1.66. The number of carbonyl (C=O) groups is 1. The molecule has 34 heavy (non-hydrogen) atoms. The van der Waals surface area contributed by atoms with Crippen molar-refractivity contribution in [1.29, 1.82) is 5.41 Å². The maximum absolute atomic E-state index is 13.7. The van der Waals surface area contributed by atoms with Gasteiger partial charge in [-0.05, 0) is 85.9 Å². The second-order valence-electron chi connectivity index (χ2n) is 9.46. The summed E-state index contributed by atoms with van der Waals surface area (Å²) < 4.78 is 21.7. The van der Waals surface area contributed by atoms with E-state index in [0.29, 0.717) is 17.5 Å². The SMILES string of the molecule is CC1CC(Cc2c(C3CCOCC3)n(-c3ccc(F)cc3)c3cc(C=N)c(N)cc23)C1.O=CO. The Hall–Kier alpha value is -3.19. The van der Waals surface area contributed by atoms with Gasteiger partial charge < -0.3 is 25.6 Å². The molecule has 1 saturated carbocycles. The lowest BCUT2D eigenvalue weighted by Crippen LogP contribution is -2.24. The molecule has 0 atom stereocenters. The lowest BCUT2D eigenvalue weighted by atomic mass is 9.72. The molecule has 2 aliphatic rings. The fraction of sp³-hybridized carbons (Fsp3) is 0.407. The minimum Gasteiger partial charge on any atom is -0.483 e. The van der Waals surface area contributed by atoms with Gasteiger partial charge in [0.05, 0.1) is 5.52 Å². The van der Waals surface area contributed by atoms with Gasteiger partial charge in [-0.1, -0.05) is 6.92 Å². The van der Waals surface area contributed by atoms with E-state index in [-0.39, 0.29) is 12.3 Å². The Morgan fingerprint density at radius 1 is 1.21 bits per heavy atom. The molecule has 2 heterocycles. The van der Waals surface area contributed by atoms with E-state index in [1.54, 1.807) is 0 Å². The van der Waals surface area contributed by atoms with Crippen LogP contribution in [0.25, 0.3) is 16.6 Å². The van der Waals surface area contributed by atoms with Crippen LogP contribution >= 0.6 is 0 Å². The fourth-order valence-electron chi connectivity index (χ4n) is 5.58. The van der Waals surface area contributed by atoms with Gasteiger partial charge in [0.1, 0.15) is 5.82 Å². The van der Waals surface area contributed by atoms with E-state index < -0.39 is 0 Å². The molecule has 4 N–H and O–H groups in total. The van der Waals surface area contributed by atoms with Crippen molar-refractivity contribution in [2.45, 2.75) is 44.9 Å². The number of nitrogens with one attached hydrogen (secondary N) is 1. The van der Waals surface area contributed by atoms with Crippen molar-refractivity contribution in [3.63, 3.8) is 0 Å². The van der Waals surface area contributed by atoms with Gasteiger partial charge >= 0.3 is 0 Å². The van der Waals surface area contributed by atoms with E-state index in [1.165, 1.54) is 47.8 Å². The molecule has 3 aromatic rings. The third-order valence-electron chi connectivity index (χ3n) is 7.13. The number of nitrogens with two attached hydrogens (primary N) is 1. The van der Waals surface area contributed by atoms with Crippen LogP contribution in [0.15, 0.2) is 36.4 Å². The number of halogens is 1. The molecule has 1 aliphatic heterocycles. The quantitative estimate of drug-likeness (QED) is 0.262. The van der Waals surface area contributed by atoms with E-state index in [1.807, 2.05) is 18.2 Å². The molecule has 2 fully saturated rings. The standard InChI is InChI=1S/C26H30FN3O.CH2O2/c1-16-10-17(11-16)12-23-22-14-24(29)19(15-28)13-25(22)30(21-4-2-20(27)3-5-21)26(23)18-6-8-31-9-7-18;2-1-3/h2-5,13-18,28H,6-12,29H2,1H3;1H,(H,2,3). The van der Waals surface area contributed by atoms with Crippen LogP contribution in [0.1, 0.15) is 55.3 Å². The van der Waals surface area contributed by atoms with Gasteiger partial charge in [0, 0.05) is 53.4 Å². The first-order valence-electron chi connectivity index (χ1n) is 11.9. The molecule has 1 aliphatic carbocycles. The van der Waals surface area contributed by atoms with E-state index in [9.17, 15) is 4.39 Å². The summed E-state index contributed by atoms with van der Waals surface area (Å²) in [4.78, 5) is 8.36. The van der Waals surface area contributed by atoms with Crippen LogP contribution < -0.4 is 5.73 Å². The van der Waals surface area contributed by atoms with Crippen molar-refractivity contribution < 1.29 is 19.0 Å². The first kappa shape index (κ1) is 24.0. The van der Waals surface area contributed by atoms with Gasteiger partial charge in [0.2, 0.25) is 0 Å². The highest BCUT2D eigenvalue weighted by molar-refractivity contribution is 5.97. The lowest BCUT2D eigenvalue weighted by molar-refractivity contribution is -0.122. The van der Waals surface area contributed by atoms with Gasteiger partial charge in [-0.2, -0.15) is 0 Å². The number of nitrogen functional groups attached to an aromatic ring is 1. The Labute approximate surface area is 199 Å². The number of carboxylic acid groups (broad SMARTS) is 1. The number of benzene rings is 2. The molecule has 1 aromatic heterocycles. The van der Waals surface area contributed by atoms with Gasteiger partial charge in [0.25, 0.3) is 6.47 Å². The molecular formula is C27H32FN3O3. The maximum Gasteiger partial charge on any atom is 0.290 e. The normalized spacial score (nSPS) is 20.3. The highest BCUT2D eigenvalue weighted by Crippen LogP contribution is 2.44. The number of hydrogen-bond donors (Lipinski definition) is 3. The average Bonchev–Trinajstić information content (AvgIpc) is 3.12. The predicted molar refractivity (Wildman–Crippen MR) is 133 cm³/mol. The summed E-state index contributed by atoms with van der Waals surface area (Å²) in [6.07, 6.45) is 6.87.